The molecule has 0 radical (unpaired) electrons. The van der Waals surface area contributed by atoms with Crippen LogP contribution < -0.4 is 0 Å². The van der Waals surface area contributed by atoms with E-state index in [9.17, 15) is 21.6 Å². The highest BCUT2D eigenvalue weighted by atomic mass is 35.5. The number of piperidine rings is 2. The van der Waals surface area contributed by atoms with Crippen molar-refractivity contribution in [1.82, 2.24) is 8.61 Å². The Kier molecular flexibility index (Phi) is 8.28. The van der Waals surface area contributed by atoms with Crippen LogP contribution in [0.1, 0.15) is 47.2 Å². The summed E-state index contributed by atoms with van der Waals surface area (Å²) >= 11 is 6.20. The number of carbonyl (C=O) groups is 1. The molecule has 0 N–H and O–H groups in total. The van der Waals surface area contributed by atoms with E-state index in [0.29, 0.717) is 16.1 Å². The summed E-state index contributed by atoms with van der Waals surface area (Å²) < 4.78 is 60.3. The van der Waals surface area contributed by atoms with Crippen molar-refractivity contribution in [2.75, 3.05) is 6.54 Å². The summed E-state index contributed by atoms with van der Waals surface area (Å²) in [5.74, 6) is -1.00. The molecule has 2 aliphatic heterocycles. The molecule has 4 atom stereocenters. The minimum absolute atomic E-state index is 0.0553. The van der Waals surface area contributed by atoms with Gasteiger partial charge in [0.05, 0.1) is 21.9 Å². The molecule has 0 amide bonds. The highest BCUT2D eigenvalue weighted by Crippen LogP contribution is 2.48. The second kappa shape index (κ2) is 11.9. The summed E-state index contributed by atoms with van der Waals surface area (Å²) in [6, 6.07) is 27.1. The van der Waals surface area contributed by atoms with Gasteiger partial charge in [-0.15, -0.1) is 0 Å². The second-order valence-corrected chi connectivity index (χ2v) is 15.8. The molecule has 44 heavy (non-hydrogen) atoms. The highest BCUT2D eigenvalue weighted by Gasteiger charge is 2.54. The van der Waals surface area contributed by atoms with Crippen LogP contribution >= 0.6 is 11.6 Å². The van der Waals surface area contributed by atoms with Gasteiger partial charge in [-0.1, -0.05) is 89.5 Å². The van der Waals surface area contributed by atoms with Gasteiger partial charge in [-0.25, -0.2) is 16.8 Å². The number of benzene rings is 4. The lowest BCUT2D eigenvalue weighted by Crippen LogP contribution is -2.60. The van der Waals surface area contributed by atoms with Crippen LogP contribution in [-0.4, -0.2) is 43.8 Å². The van der Waals surface area contributed by atoms with Crippen LogP contribution in [0.5, 0.6) is 0 Å². The molecule has 2 unspecified atom stereocenters. The maximum Gasteiger partial charge on any atom is 0.243 e. The molecule has 0 bridgehead atoms. The summed E-state index contributed by atoms with van der Waals surface area (Å²) in [6.07, 6.45) is 0.0395. The predicted octanol–water partition coefficient (Wildman–Crippen LogP) is 6.48. The van der Waals surface area contributed by atoms with E-state index in [1.54, 1.807) is 72.8 Å². The number of rotatable bonds is 6. The zero-order valence-electron chi connectivity index (χ0n) is 24.4. The Bertz CT molecular complexity index is 1880. The van der Waals surface area contributed by atoms with Gasteiger partial charge in [-0.2, -0.15) is 8.61 Å². The monoisotopic (exact) mass is 648 g/mol. The first-order valence-electron chi connectivity index (χ1n) is 14.5. The smallest absolute Gasteiger partial charge is 0.243 e. The van der Waals surface area contributed by atoms with E-state index in [1.165, 1.54) is 8.61 Å². The molecule has 6 rings (SSSR count). The van der Waals surface area contributed by atoms with E-state index in [0.717, 1.165) is 11.1 Å². The number of ketones is 1. The third-order valence-electron chi connectivity index (χ3n) is 8.76. The van der Waals surface area contributed by atoms with Crippen molar-refractivity contribution >= 4 is 37.4 Å². The van der Waals surface area contributed by atoms with Crippen LogP contribution in [0.2, 0.25) is 5.02 Å². The lowest BCUT2D eigenvalue weighted by molar-refractivity contribution is -0.132. The molecule has 4 aromatic carbocycles. The SMILES string of the molecule is Cc1ccc(S(=O)(=O)N2C[C@H]3C(=O)CC(c4ccccc4)N(S(=O)(=O)c4ccc(C)cc4)[C@H]3CC2c2ccc(Cl)cc2)cc1. The highest BCUT2D eigenvalue weighted by molar-refractivity contribution is 7.89. The Morgan fingerprint density at radius 3 is 1.75 bits per heavy atom. The molecule has 7 nitrogen and oxygen atoms in total. The molecule has 0 saturated carbocycles. The van der Waals surface area contributed by atoms with Crippen LogP contribution in [0, 0.1) is 19.8 Å². The van der Waals surface area contributed by atoms with Crippen LogP contribution in [0.3, 0.4) is 0 Å². The van der Waals surface area contributed by atoms with Crippen molar-refractivity contribution in [2.24, 2.45) is 5.92 Å². The van der Waals surface area contributed by atoms with E-state index < -0.39 is 44.1 Å². The third-order valence-corrected chi connectivity index (χ3v) is 12.8. The number of sulfonamides is 2. The average Bonchev–Trinajstić information content (AvgIpc) is 3.01. The summed E-state index contributed by atoms with van der Waals surface area (Å²) in [4.78, 5) is 14.2. The summed E-state index contributed by atoms with van der Waals surface area (Å²) in [5.41, 5.74) is 3.23. The van der Waals surface area contributed by atoms with Crippen LogP contribution in [0.4, 0.5) is 0 Å². The Hall–Kier alpha value is -3.34. The Morgan fingerprint density at radius 2 is 1.18 bits per heavy atom. The molecule has 10 heteroatoms. The first-order chi connectivity index (χ1) is 21.0. The third kappa shape index (κ3) is 5.63. The van der Waals surface area contributed by atoms with Crippen molar-refractivity contribution in [3.63, 3.8) is 0 Å². The van der Waals surface area contributed by atoms with Gasteiger partial charge in [-0.3, -0.25) is 4.79 Å². The van der Waals surface area contributed by atoms with Crippen LogP contribution in [0.25, 0.3) is 0 Å². The predicted molar refractivity (Wildman–Crippen MR) is 170 cm³/mol. The van der Waals surface area contributed by atoms with Gasteiger partial charge in [0.25, 0.3) is 0 Å². The standard InChI is InChI=1S/C34H33ClN2O5S2/c1-23-8-16-28(17-9-23)43(39,40)36-22-30-33(20-31(36)26-12-14-27(35)15-13-26)37(44(41,42)29-18-10-24(2)11-19-29)32(21-34(30)38)25-6-4-3-5-7-25/h3-19,30-33H,20-22H2,1-2H3/t30-,31?,32?,33+/m1/s1. The van der Waals surface area contributed by atoms with E-state index in [1.807, 2.05) is 44.2 Å². The molecule has 4 aromatic rings. The molecule has 2 fully saturated rings. The zero-order valence-corrected chi connectivity index (χ0v) is 26.8. The number of fused-ring (bicyclic) bond motifs is 1. The lowest BCUT2D eigenvalue weighted by Gasteiger charge is -2.51. The molecule has 2 aliphatic rings. The van der Waals surface area contributed by atoms with Crippen molar-refractivity contribution in [3.8, 4) is 0 Å². The van der Waals surface area contributed by atoms with Crippen LogP contribution in [-0.2, 0) is 24.8 Å². The summed E-state index contributed by atoms with van der Waals surface area (Å²) in [7, 11) is -8.16. The minimum Gasteiger partial charge on any atom is -0.299 e. The Morgan fingerprint density at radius 1 is 0.659 bits per heavy atom. The first-order valence-corrected chi connectivity index (χ1v) is 17.7. The first kappa shape index (κ1) is 30.7. The van der Waals surface area contributed by atoms with Gasteiger partial charge in [0, 0.05) is 29.9 Å². The molecular weight excluding hydrogens is 616 g/mol. The van der Waals surface area contributed by atoms with E-state index in [4.69, 9.17) is 11.6 Å². The van der Waals surface area contributed by atoms with Gasteiger partial charge in [0.2, 0.25) is 20.0 Å². The number of nitrogens with zero attached hydrogens (tertiary/aromatic N) is 2. The minimum atomic E-state index is -4.10. The van der Waals surface area contributed by atoms with Crippen molar-refractivity contribution < 1.29 is 21.6 Å². The lowest BCUT2D eigenvalue weighted by atomic mass is 9.77. The Balaban J connectivity index is 1.50. The van der Waals surface area contributed by atoms with Crippen molar-refractivity contribution in [2.45, 2.75) is 54.6 Å². The van der Waals surface area contributed by atoms with E-state index >= 15 is 0 Å². The van der Waals surface area contributed by atoms with Gasteiger partial charge in [0.1, 0.15) is 5.78 Å². The average molecular weight is 649 g/mol. The number of Topliss-reactive ketones (excluding diaryl/α,β-unsaturated/α-hetero) is 1. The Labute approximate surface area is 264 Å². The fourth-order valence-corrected chi connectivity index (χ4v) is 10.1. The molecular formula is C34H33ClN2O5S2. The molecule has 2 heterocycles. The maximum atomic E-state index is 14.5. The normalized spacial score (nSPS) is 23.3. The fraction of sp³-hybridized carbons (Fsp3) is 0.265. The van der Waals surface area contributed by atoms with Crippen molar-refractivity contribution in [3.05, 3.63) is 130 Å². The van der Waals surface area contributed by atoms with Gasteiger partial charge >= 0.3 is 0 Å². The number of hydrogen-bond donors (Lipinski definition) is 0. The molecule has 2 saturated heterocycles. The zero-order chi connectivity index (χ0) is 31.2. The number of carbonyl (C=O) groups excluding carboxylic acids is 1. The van der Waals surface area contributed by atoms with Crippen LogP contribution in [0.15, 0.2) is 113 Å². The largest absolute Gasteiger partial charge is 0.299 e. The summed E-state index contributed by atoms with van der Waals surface area (Å²) in [6.45, 7) is 3.62. The maximum absolute atomic E-state index is 14.5. The van der Waals surface area contributed by atoms with Gasteiger partial charge in [0.15, 0.2) is 0 Å². The molecule has 0 aromatic heterocycles. The van der Waals surface area contributed by atoms with Crippen molar-refractivity contribution in [1.29, 1.82) is 0 Å². The number of hydrogen-bond acceptors (Lipinski definition) is 5. The molecule has 0 aliphatic carbocycles. The van der Waals surface area contributed by atoms with Gasteiger partial charge in [-0.05, 0) is 67.8 Å². The molecule has 228 valence electrons. The van der Waals surface area contributed by atoms with Gasteiger partial charge < -0.3 is 0 Å². The quantitative estimate of drug-likeness (QED) is 0.239. The number of aryl methyl sites for hydroxylation is 2. The van der Waals surface area contributed by atoms with E-state index in [2.05, 4.69) is 0 Å². The van der Waals surface area contributed by atoms with E-state index in [-0.39, 0.29) is 35.0 Å². The molecule has 0 spiro atoms. The summed E-state index contributed by atoms with van der Waals surface area (Å²) in [5, 5.41) is 0.496. The fourth-order valence-electron chi connectivity index (χ4n) is 6.43. The topological polar surface area (TPSA) is 91.8 Å². The number of halogens is 1. The second-order valence-electron chi connectivity index (χ2n) is 11.6.